The van der Waals surface area contributed by atoms with Crippen LogP contribution in [0.4, 0.5) is 18.0 Å². The van der Waals surface area contributed by atoms with Crippen LogP contribution in [0, 0.1) is 5.92 Å². The van der Waals surface area contributed by atoms with Gasteiger partial charge >= 0.3 is 12.2 Å². The molecule has 0 aromatic heterocycles. The van der Waals surface area contributed by atoms with Crippen molar-refractivity contribution in [2.24, 2.45) is 5.92 Å². The largest absolute Gasteiger partial charge is 0.416 e. The minimum absolute atomic E-state index is 0.237. The fourth-order valence-electron chi connectivity index (χ4n) is 1.57. The van der Waals surface area contributed by atoms with Gasteiger partial charge in [-0.1, -0.05) is 26.0 Å². The van der Waals surface area contributed by atoms with Crippen molar-refractivity contribution in [1.29, 1.82) is 0 Å². The monoisotopic (exact) mass is 288 g/mol. The molecule has 0 aliphatic rings. The van der Waals surface area contributed by atoms with Crippen LogP contribution in [0.15, 0.2) is 24.3 Å². The Bertz CT molecular complexity index is 441. The third-order valence-corrected chi connectivity index (χ3v) is 2.71. The van der Waals surface area contributed by atoms with Crippen LogP contribution in [0.3, 0.4) is 0 Å². The van der Waals surface area contributed by atoms with Gasteiger partial charge in [0.05, 0.1) is 5.56 Å². The number of alkyl halides is 3. The highest BCUT2D eigenvalue weighted by molar-refractivity contribution is 5.73. The highest BCUT2D eigenvalue weighted by Crippen LogP contribution is 2.29. The molecule has 1 aromatic carbocycles. The zero-order chi connectivity index (χ0) is 15.3. The van der Waals surface area contributed by atoms with E-state index in [2.05, 4.69) is 5.32 Å². The van der Waals surface area contributed by atoms with Gasteiger partial charge < -0.3 is 10.2 Å². The van der Waals surface area contributed by atoms with Gasteiger partial charge in [0, 0.05) is 20.1 Å². The molecule has 1 N–H and O–H groups in total. The van der Waals surface area contributed by atoms with Crippen LogP contribution in [0.2, 0.25) is 0 Å². The number of hydrogen-bond acceptors (Lipinski definition) is 1. The highest BCUT2D eigenvalue weighted by atomic mass is 19.4. The van der Waals surface area contributed by atoms with Crippen LogP contribution in [0.5, 0.6) is 0 Å². The van der Waals surface area contributed by atoms with E-state index in [-0.39, 0.29) is 12.6 Å². The molecule has 0 atom stereocenters. The average Bonchev–Trinajstić information content (AvgIpc) is 2.35. The normalized spacial score (nSPS) is 11.6. The van der Waals surface area contributed by atoms with Crippen molar-refractivity contribution in [3.8, 4) is 0 Å². The smallest absolute Gasteiger partial charge is 0.338 e. The number of amides is 2. The van der Waals surface area contributed by atoms with E-state index < -0.39 is 11.7 Å². The van der Waals surface area contributed by atoms with Gasteiger partial charge in [0.25, 0.3) is 0 Å². The fraction of sp³-hybridized carbons (Fsp3) is 0.500. The highest BCUT2D eigenvalue weighted by Gasteiger charge is 2.29. The fourth-order valence-corrected chi connectivity index (χ4v) is 1.57. The van der Waals surface area contributed by atoms with Crippen LogP contribution in [-0.4, -0.2) is 24.5 Å². The summed E-state index contributed by atoms with van der Waals surface area (Å²) in [7, 11) is 1.60. The maximum absolute atomic E-state index is 12.4. The summed E-state index contributed by atoms with van der Waals surface area (Å²) in [6, 6.07) is 4.58. The molecule has 0 unspecified atom stereocenters. The molecule has 0 radical (unpaired) electrons. The molecule has 0 bridgehead atoms. The number of nitrogens with one attached hydrogen (secondary N) is 1. The number of benzene rings is 1. The van der Waals surface area contributed by atoms with Gasteiger partial charge in [-0.3, -0.25) is 0 Å². The van der Waals surface area contributed by atoms with E-state index in [0.717, 1.165) is 12.1 Å². The molecule has 0 heterocycles. The summed E-state index contributed by atoms with van der Waals surface area (Å²) in [5, 5.41) is 2.74. The Kier molecular flexibility index (Phi) is 5.42. The number of carbonyl (C=O) groups excluding carboxylic acids is 1. The summed E-state index contributed by atoms with van der Waals surface area (Å²) in [6.45, 7) is 4.80. The Balaban J connectivity index is 2.58. The molecule has 1 rings (SSSR count). The standard InChI is InChI=1S/C14H19F3N2O/c1-10(2)8-18-13(20)19(3)9-11-4-6-12(7-5-11)14(15,16)17/h4-7,10H,8-9H2,1-3H3,(H,18,20). The van der Waals surface area contributed by atoms with Gasteiger partial charge in [0.15, 0.2) is 0 Å². The summed E-state index contributed by atoms with van der Waals surface area (Å²) in [5.41, 5.74) is -0.0339. The molecule has 20 heavy (non-hydrogen) atoms. The first-order valence-corrected chi connectivity index (χ1v) is 6.35. The molecule has 0 spiro atoms. The van der Waals surface area contributed by atoms with Crippen molar-refractivity contribution >= 4 is 6.03 Å². The quantitative estimate of drug-likeness (QED) is 0.903. The summed E-state index contributed by atoms with van der Waals surface area (Å²) in [6.07, 6.45) is -4.33. The minimum Gasteiger partial charge on any atom is -0.338 e. The molecule has 0 aliphatic carbocycles. The number of nitrogens with zero attached hydrogens (tertiary/aromatic N) is 1. The van der Waals surface area contributed by atoms with Crippen molar-refractivity contribution < 1.29 is 18.0 Å². The van der Waals surface area contributed by atoms with E-state index in [1.54, 1.807) is 7.05 Å². The number of halogens is 3. The van der Waals surface area contributed by atoms with Gasteiger partial charge in [0.2, 0.25) is 0 Å². The average molecular weight is 288 g/mol. The number of hydrogen-bond donors (Lipinski definition) is 1. The lowest BCUT2D eigenvalue weighted by Crippen LogP contribution is -2.38. The van der Waals surface area contributed by atoms with Gasteiger partial charge in [-0.2, -0.15) is 13.2 Å². The van der Waals surface area contributed by atoms with Crippen LogP contribution in [-0.2, 0) is 12.7 Å². The van der Waals surface area contributed by atoms with E-state index in [4.69, 9.17) is 0 Å². The second kappa shape index (κ2) is 6.63. The molecular formula is C14H19F3N2O. The van der Waals surface area contributed by atoms with Gasteiger partial charge in [-0.25, -0.2) is 4.79 Å². The molecule has 0 saturated carbocycles. The number of carbonyl (C=O) groups is 1. The maximum atomic E-state index is 12.4. The Morgan fingerprint density at radius 2 is 1.80 bits per heavy atom. The molecule has 1 aromatic rings. The molecule has 0 fully saturated rings. The number of rotatable bonds is 4. The minimum atomic E-state index is -4.33. The van der Waals surface area contributed by atoms with Crippen LogP contribution < -0.4 is 5.32 Å². The van der Waals surface area contributed by atoms with E-state index in [1.165, 1.54) is 17.0 Å². The van der Waals surface area contributed by atoms with Crippen molar-refractivity contribution in [2.75, 3.05) is 13.6 Å². The van der Waals surface area contributed by atoms with E-state index in [9.17, 15) is 18.0 Å². The van der Waals surface area contributed by atoms with Crippen molar-refractivity contribution in [2.45, 2.75) is 26.6 Å². The van der Waals surface area contributed by atoms with Crippen molar-refractivity contribution in [3.63, 3.8) is 0 Å². The maximum Gasteiger partial charge on any atom is 0.416 e. The van der Waals surface area contributed by atoms with Crippen LogP contribution in [0.1, 0.15) is 25.0 Å². The van der Waals surface area contributed by atoms with Crippen LogP contribution in [0.25, 0.3) is 0 Å². The number of urea groups is 1. The Morgan fingerprint density at radius 3 is 2.25 bits per heavy atom. The first-order valence-electron chi connectivity index (χ1n) is 6.35. The molecular weight excluding hydrogens is 269 g/mol. The third-order valence-electron chi connectivity index (χ3n) is 2.71. The first-order chi connectivity index (χ1) is 9.20. The summed E-state index contributed by atoms with van der Waals surface area (Å²) in [5.74, 6) is 0.346. The molecule has 0 aliphatic heterocycles. The molecule has 6 heteroatoms. The molecule has 2 amide bonds. The lowest BCUT2D eigenvalue weighted by molar-refractivity contribution is -0.137. The zero-order valence-electron chi connectivity index (χ0n) is 11.8. The first kappa shape index (κ1) is 16.3. The van der Waals surface area contributed by atoms with Crippen molar-refractivity contribution in [3.05, 3.63) is 35.4 Å². The second-order valence-electron chi connectivity index (χ2n) is 5.13. The predicted octanol–water partition coefficient (Wildman–Crippen LogP) is 3.50. The predicted molar refractivity (Wildman–Crippen MR) is 71.1 cm³/mol. The van der Waals surface area contributed by atoms with Crippen LogP contribution >= 0.6 is 0 Å². The summed E-state index contributed by atoms with van der Waals surface area (Å²) >= 11 is 0. The van der Waals surface area contributed by atoms with E-state index in [1.807, 2.05) is 13.8 Å². The molecule has 3 nitrogen and oxygen atoms in total. The zero-order valence-corrected chi connectivity index (χ0v) is 11.8. The second-order valence-corrected chi connectivity index (χ2v) is 5.13. The molecule has 112 valence electrons. The van der Waals surface area contributed by atoms with Crippen molar-refractivity contribution in [1.82, 2.24) is 10.2 Å². The van der Waals surface area contributed by atoms with E-state index >= 15 is 0 Å². The Morgan fingerprint density at radius 1 is 1.25 bits per heavy atom. The van der Waals surface area contributed by atoms with Gasteiger partial charge in [0.1, 0.15) is 0 Å². The topological polar surface area (TPSA) is 32.3 Å². The third kappa shape index (κ3) is 5.11. The summed E-state index contributed by atoms with van der Waals surface area (Å²) < 4.78 is 37.2. The van der Waals surface area contributed by atoms with Gasteiger partial charge in [-0.15, -0.1) is 0 Å². The Hall–Kier alpha value is -1.72. The lowest BCUT2D eigenvalue weighted by atomic mass is 10.1. The van der Waals surface area contributed by atoms with Gasteiger partial charge in [-0.05, 0) is 23.6 Å². The SMILES string of the molecule is CC(C)CNC(=O)N(C)Cc1ccc(C(F)(F)F)cc1. The Labute approximate surface area is 116 Å². The molecule has 0 saturated heterocycles. The summed E-state index contributed by atoms with van der Waals surface area (Å²) in [4.78, 5) is 13.1. The lowest BCUT2D eigenvalue weighted by Gasteiger charge is -2.19. The van der Waals surface area contributed by atoms with E-state index in [0.29, 0.717) is 18.0 Å².